The van der Waals surface area contributed by atoms with E-state index in [2.05, 4.69) is 21.2 Å². The first-order chi connectivity index (χ1) is 8.50. The van der Waals surface area contributed by atoms with Crippen LogP contribution in [0.15, 0.2) is 22.7 Å². The number of ether oxygens (including phenoxy) is 1. The van der Waals surface area contributed by atoms with E-state index < -0.39 is 5.60 Å². The third-order valence-electron chi connectivity index (χ3n) is 2.83. The first-order valence-corrected chi connectivity index (χ1v) is 6.71. The highest BCUT2D eigenvalue weighted by Gasteiger charge is 2.32. The average molecular weight is 335 g/mol. The Kier molecular flexibility index (Phi) is 4.27. The zero-order valence-corrected chi connectivity index (χ0v) is 11.9. The molecule has 0 aromatic heterocycles. The predicted molar refractivity (Wildman–Crippen MR) is 71.9 cm³/mol. The molecule has 6 heteroatoms. The number of hydrogen-bond acceptors (Lipinski definition) is 3. The van der Waals surface area contributed by atoms with Gasteiger partial charge < -0.3 is 15.2 Å². The maximum Gasteiger partial charge on any atom is 0.252 e. The van der Waals surface area contributed by atoms with Crippen molar-refractivity contribution in [1.29, 1.82) is 0 Å². The quantitative estimate of drug-likeness (QED) is 0.889. The minimum Gasteiger partial charge on any atom is -0.386 e. The monoisotopic (exact) mass is 333 g/mol. The number of carbonyl (C=O) groups is 1. The zero-order chi connectivity index (χ0) is 13.2. The molecule has 18 heavy (non-hydrogen) atoms. The Morgan fingerprint density at radius 1 is 1.61 bits per heavy atom. The predicted octanol–water partition coefficient (Wildman–Crippen LogP) is 1.98. The molecule has 0 spiro atoms. The molecule has 2 rings (SSSR count). The van der Waals surface area contributed by atoms with Crippen LogP contribution in [0, 0.1) is 0 Å². The summed E-state index contributed by atoms with van der Waals surface area (Å²) < 4.78 is 5.78. The van der Waals surface area contributed by atoms with E-state index in [9.17, 15) is 9.90 Å². The Labute approximate surface area is 118 Å². The molecule has 1 saturated heterocycles. The Balaban J connectivity index is 2.01. The van der Waals surface area contributed by atoms with Crippen LogP contribution < -0.4 is 5.32 Å². The lowest BCUT2D eigenvalue weighted by molar-refractivity contribution is 0.0264. The lowest BCUT2D eigenvalue weighted by atomic mass is 10.0. The molecule has 1 fully saturated rings. The van der Waals surface area contributed by atoms with E-state index in [1.807, 2.05) is 0 Å². The van der Waals surface area contributed by atoms with Gasteiger partial charge in [0.2, 0.25) is 0 Å². The highest BCUT2D eigenvalue weighted by Crippen LogP contribution is 2.22. The number of aliphatic hydroxyl groups is 1. The number of hydrogen-bond donors (Lipinski definition) is 2. The van der Waals surface area contributed by atoms with Crippen molar-refractivity contribution in [2.24, 2.45) is 0 Å². The molecular weight excluding hydrogens is 321 g/mol. The van der Waals surface area contributed by atoms with Crippen molar-refractivity contribution < 1.29 is 14.6 Å². The van der Waals surface area contributed by atoms with Crippen LogP contribution in [-0.4, -0.2) is 36.4 Å². The van der Waals surface area contributed by atoms with Gasteiger partial charge in [-0.1, -0.05) is 11.6 Å². The van der Waals surface area contributed by atoms with Gasteiger partial charge in [-0.3, -0.25) is 4.79 Å². The van der Waals surface area contributed by atoms with Gasteiger partial charge in [0.15, 0.2) is 0 Å². The van der Waals surface area contributed by atoms with Crippen LogP contribution in [0.2, 0.25) is 5.02 Å². The molecule has 1 heterocycles. The fourth-order valence-electron chi connectivity index (χ4n) is 1.75. The number of rotatable bonds is 3. The van der Waals surface area contributed by atoms with Crippen molar-refractivity contribution >= 4 is 33.4 Å². The molecule has 1 unspecified atom stereocenters. The maximum absolute atomic E-state index is 12.0. The van der Waals surface area contributed by atoms with Gasteiger partial charge in [-0.25, -0.2) is 0 Å². The third-order valence-corrected chi connectivity index (χ3v) is 3.76. The van der Waals surface area contributed by atoms with Gasteiger partial charge in [0, 0.05) is 29.1 Å². The van der Waals surface area contributed by atoms with E-state index in [4.69, 9.17) is 16.3 Å². The van der Waals surface area contributed by atoms with Gasteiger partial charge in [-0.05, 0) is 34.1 Å². The SMILES string of the molecule is O=C(NCC1(O)CCOC1)c1cc(Cl)ccc1Br. The summed E-state index contributed by atoms with van der Waals surface area (Å²) in [5.41, 5.74) is -0.509. The van der Waals surface area contributed by atoms with E-state index in [-0.39, 0.29) is 19.1 Å². The fourth-order valence-corrected chi connectivity index (χ4v) is 2.35. The van der Waals surface area contributed by atoms with Gasteiger partial charge in [-0.2, -0.15) is 0 Å². The van der Waals surface area contributed by atoms with Crippen molar-refractivity contribution in [2.75, 3.05) is 19.8 Å². The minimum atomic E-state index is -0.958. The highest BCUT2D eigenvalue weighted by molar-refractivity contribution is 9.10. The van der Waals surface area contributed by atoms with Gasteiger partial charge in [0.25, 0.3) is 5.91 Å². The van der Waals surface area contributed by atoms with E-state index >= 15 is 0 Å². The first-order valence-electron chi connectivity index (χ1n) is 5.54. The molecule has 1 aromatic rings. The molecule has 0 radical (unpaired) electrons. The highest BCUT2D eigenvalue weighted by atomic mass is 79.9. The average Bonchev–Trinajstić information content (AvgIpc) is 2.77. The van der Waals surface area contributed by atoms with Gasteiger partial charge in [-0.15, -0.1) is 0 Å². The van der Waals surface area contributed by atoms with Crippen LogP contribution in [-0.2, 0) is 4.74 Å². The maximum atomic E-state index is 12.0. The van der Waals surface area contributed by atoms with E-state index in [0.29, 0.717) is 28.1 Å². The Morgan fingerprint density at radius 2 is 2.39 bits per heavy atom. The van der Waals surface area contributed by atoms with Crippen LogP contribution in [0.4, 0.5) is 0 Å². The molecule has 4 nitrogen and oxygen atoms in total. The summed E-state index contributed by atoms with van der Waals surface area (Å²) in [7, 11) is 0. The Bertz CT molecular complexity index is 461. The van der Waals surface area contributed by atoms with Gasteiger partial charge >= 0.3 is 0 Å². The topological polar surface area (TPSA) is 58.6 Å². The lowest BCUT2D eigenvalue weighted by Crippen LogP contribution is -2.43. The number of benzene rings is 1. The van der Waals surface area contributed by atoms with E-state index in [1.54, 1.807) is 18.2 Å². The summed E-state index contributed by atoms with van der Waals surface area (Å²) >= 11 is 9.14. The first kappa shape index (κ1) is 13.8. The van der Waals surface area contributed by atoms with E-state index in [0.717, 1.165) is 0 Å². The van der Waals surface area contributed by atoms with Crippen LogP contribution in [0.5, 0.6) is 0 Å². The van der Waals surface area contributed by atoms with Crippen LogP contribution in [0.3, 0.4) is 0 Å². The number of carbonyl (C=O) groups excluding carboxylic acids is 1. The second-order valence-corrected chi connectivity index (χ2v) is 5.62. The summed E-state index contributed by atoms with van der Waals surface area (Å²) in [5, 5.41) is 13.2. The molecule has 1 atom stereocenters. The smallest absolute Gasteiger partial charge is 0.252 e. The molecule has 1 aliphatic heterocycles. The number of amides is 1. The van der Waals surface area contributed by atoms with Crippen molar-refractivity contribution in [3.05, 3.63) is 33.3 Å². The molecule has 0 aliphatic carbocycles. The lowest BCUT2D eigenvalue weighted by Gasteiger charge is -2.20. The van der Waals surface area contributed by atoms with Crippen LogP contribution in [0.1, 0.15) is 16.8 Å². The molecule has 98 valence electrons. The zero-order valence-electron chi connectivity index (χ0n) is 9.58. The Morgan fingerprint density at radius 3 is 3.06 bits per heavy atom. The summed E-state index contributed by atoms with van der Waals surface area (Å²) in [6.07, 6.45) is 0.532. The molecule has 1 amide bonds. The van der Waals surface area contributed by atoms with Crippen LogP contribution >= 0.6 is 27.5 Å². The van der Waals surface area contributed by atoms with Crippen molar-refractivity contribution in [1.82, 2.24) is 5.32 Å². The second kappa shape index (κ2) is 5.57. The summed E-state index contributed by atoms with van der Waals surface area (Å²) in [6, 6.07) is 4.99. The molecule has 1 aromatic carbocycles. The fraction of sp³-hybridized carbons (Fsp3) is 0.417. The van der Waals surface area contributed by atoms with Crippen molar-refractivity contribution in [3.8, 4) is 0 Å². The van der Waals surface area contributed by atoms with Crippen LogP contribution in [0.25, 0.3) is 0 Å². The molecule has 0 saturated carbocycles. The molecule has 2 N–H and O–H groups in total. The third kappa shape index (κ3) is 3.23. The van der Waals surface area contributed by atoms with Crippen molar-refractivity contribution in [3.63, 3.8) is 0 Å². The minimum absolute atomic E-state index is 0.171. The second-order valence-electron chi connectivity index (χ2n) is 4.33. The Hall–Kier alpha value is -0.620. The summed E-state index contributed by atoms with van der Waals surface area (Å²) in [6.45, 7) is 0.946. The van der Waals surface area contributed by atoms with Gasteiger partial charge in [0.1, 0.15) is 5.60 Å². The summed E-state index contributed by atoms with van der Waals surface area (Å²) in [4.78, 5) is 12.0. The number of halogens is 2. The largest absolute Gasteiger partial charge is 0.386 e. The van der Waals surface area contributed by atoms with Crippen molar-refractivity contribution in [2.45, 2.75) is 12.0 Å². The normalized spacial score (nSPS) is 23.1. The van der Waals surface area contributed by atoms with Gasteiger partial charge in [0.05, 0.1) is 12.2 Å². The van der Waals surface area contributed by atoms with E-state index in [1.165, 1.54) is 0 Å². The molecule has 1 aliphatic rings. The molecule has 0 bridgehead atoms. The standard InChI is InChI=1S/C12H13BrClNO3/c13-10-2-1-8(14)5-9(10)11(16)15-6-12(17)3-4-18-7-12/h1-2,5,17H,3-4,6-7H2,(H,15,16). The molecular formula is C12H13BrClNO3. The summed E-state index contributed by atoms with van der Waals surface area (Å²) in [5.74, 6) is -0.273. The number of nitrogens with one attached hydrogen (secondary N) is 1.